The van der Waals surface area contributed by atoms with Gasteiger partial charge in [-0.25, -0.2) is 5.84 Å². The van der Waals surface area contributed by atoms with Crippen LogP contribution < -0.4 is 16.2 Å². The lowest BCUT2D eigenvalue weighted by atomic mass is 10.1. The van der Waals surface area contributed by atoms with Crippen molar-refractivity contribution < 1.29 is 9.59 Å². The molecule has 90 valence electrons. The first-order valence-corrected chi connectivity index (χ1v) is 5.56. The van der Waals surface area contributed by atoms with Crippen molar-refractivity contribution in [1.82, 2.24) is 5.43 Å². The molecular formula is C11H12ClN3O2. The number of halogens is 1. The molecule has 1 heterocycles. The smallest absolute Gasteiger partial charge is 0.239 e. The number of benzene rings is 1. The highest BCUT2D eigenvalue weighted by Crippen LogP contribution is 2.26. The quantitative estimate of drug-likeness (QED) is 0.462. The number of carbonyl (C=O) groups excluding carboxylic acids is 2. The van der Waals surface area contributed by atoms with Gasteiger partial charge in [-0.15, -0.1) is 0 Å². The van der Waals surface area contributed by atoms with Crippen molar-refractivity contribution in [2.24, 2.45) is 11.8 Å². The maximum atomic E-state index is 11.8. The van der Waals surface area contributed by atoms with Gasteiger partial charge in [0.2, 0.25) is 11.8 Å². The lowest BCUT2D eigenvalue weighted by Gasteiger charge is -2.16. The largest absolute Gasteiger partial charge is 0.312 e. The summed E-state index contributed by atoms with van der Waals surface area (Å²) in [7, 11) is 0. The molecule has 3 N–H and O–H groups in total. The number of hydrogen-bond acceptors (Lipinski definition) is 3. The van der Waals surface area contributed by atoms with Crippen LogP contribution in [-0.2, 0) is 9.59 Å². The Hall–Kier alpha value is -1.59. The van der Waals surface area contributed by atoms with Gasteiger partial charge in [0.05, 0.1) is 5.92 Å². The minimum atomic E-state index is -0.397. The lowest BCUT2D eigenvalue weighted by molar-refractivity contribution is -0.126. The molecule has 1 aliphatic heterocycles. The van der Waals surface area contributed by atoms with Crippen molar-refractivity contribution in [3.63, 3.8) is 0 Å². The highest BCUT2D eigenvalue weighted by molar-refractivity contribution is 6.30. The summed E-state index contributed by atoms with van der Waals surface area (Å²) < 4.78 is 0. The molecule has 1 saturated heterocycles. The topological polar surface area (TPSA) is 75.4 Å². The van der Waals surface area contributed by atoms with Crippen molar-refractivity contribution in [2.45, 2.75) is 6.42 Å². The van der Waals surface area contributed by atoms with E-state index in [2.05, 4.69) is 5.43 Å². The van der Waals surface area contributed by atoms with E-state index in [0.29, 0.717) is 17.3 Å². The number of nitrogens with one attached hydrogen (secondary N) is 1. The number of carbonyl (C=O) groups is 2. The van der Waals surface area contributed by atoms with Crippen molar-refractivity contribution in [2.75, 3.05) is 11.4 Å². The number of hydrogen-bond donors (Lipinski definition) is 2. The van der Waals surface area contributed by atoms with Crippen LogP contribution in [-0.4, -0.2) is 18.4 Å². The van der Waals surface area contributed by atoms with Crippen LogP contribution in [0.4, 0.5) is 5.69 Å². The van der Waals surface area contributed by atoms with Gasteiger partial charge in [-0.05, 0) is 18.2 Å². The monoisotopic (exact) mass is 253 g/mol. The Labute approximate surface area is 103 Å². The van der Waals surface area contributed by atoms with E-state index in [1.54, 1.807) is 29.2 Å². The Morgan fingerprint density at radius 1 is 1.53 bits per heavy atom. The molecule has 1 aromatic carbocycles. The van der Waals surface area contributed by atoms with Crippen LogP contribution in [0.15, 0.2) is 24.3 Å². The molecule has 1 atom stereocenters. The predicted octanol–water partition coefficient (Wildman–Crippen LogP) is 0.683. The molecule has 0 aromatic heterocycles. The molecule has 0 aliphatic carbocycles. The molecule has 0 radical (unpaired) electrons. The first-order valence-electron chi connectivity index (χ1n) is 5.18. The minimum absolute atomic E-state index is 0.0964. The normalized spacial score (nSPS) is 19.5. The molecule has 5 nitrogen and oxygen atoms in total. The molecule has 2 rings (SSSR count). The SMILES string of the molecule is NNC(=O)[C@H]1CC(=O)N(c2cccc(Cl)c2)C1. The van der Waals surface area contributed by atoms with E-state index >= 15 is 0 Å². The van der Waals surface area contributed by atoms with Crippen LogP contribution in [0.3, 0.4) is 0 Å². The lowest BCUT2D eigenvalue weighted by Crippen LogP contribution is -2.37. The molecule has 2 amide bonds. The third-order valence-corrected chi connectivity index (χ3v) is 2.99. The van der Waals surface area contributed by atoms with Gasteiger partial charge >= 0.3 is 0 Å². The molecule has 1 aromatic rings. The zero-order valence-electron chi connectivity index (χ0n) is 9.02. The van der Waals surface area contributed by atoms with E-state index in [1.165, 1.54) is 0 Å². The third kappa shape index (κ3) is 2.40. The zero-order valence-corrected chi connectivity index (χ0v) is 9.78. The summed E-state index contributed by atoms with van der Waals surface area (Å²) in [6.07, 6.45) is 0.176. The molecule has 0 spiro atoms. The van der Waals surface area contributed by atoms with E-state index in [9.17, 15) is 9.59 Å². The molecule has 6 heteroatoms. The summed E-state index contributed by atoms with van der Waals surface area (Å²) in [5.74, 6) is 4.25. The summed E-state index contributed by atoms with van der Waals surface area (Å²) in [6.45, 7) is 0.336. The zero-order chi connectivity index (χ0) is 12.4. The van der Waals surface area contributed by atoms with Gasteiger partial charge in [0, 0.05) is 23.7 Å². The maximum absolute atomic E-state index is 11.8. The molecule has 1 fully saturated rings. The van der Waals surface area contributed by atoms with Gasteiger partial charge in [-0.1, -0.05) is 17.7 Å². The Morgan fingerprint density at radius 2 is 2.29 bits per heavy atom. The van der Waals surface area contributed by atoms with Crippen LogP contribution in [0.5, 0.6) is 0 Å². The van der Waals surface area contributed by atoms with E-state index in [1.807, 2.05) is 0 Å². The number of nitrogens with two attached hydrogens (primary N) is 1. The van der Waals surface area contributed by atoms with Gasteiger partial charge in [0.25, 0.3) is 0 Å². The molecule has 0 unspecified atom stereocenters. The van der Waals surface area contributed by atoms with Gasteiger partial charge in [-0.3, -0.25) is 15.0 Å². The summed E-state index contributed by atoms with van der Waals surface area (Å²) in [6, 6.07) is 6.98. The number of amides is 2. The van der Waals surface area contributed by atoms with E-state index in [4.69, 9.17) is 17.4 Å². The van der Waals surface area contributed by atoms with E-state index in [0.717, 1.165) is 0 Å². The van der Waals surface area contributed by atoms with Crippen LogP contribution in [0.25, 0.3) is 0 Å². The van der Waals surface area contributed by atoms with Gasteiger partial charge < -0.3 is 4.90 Å². The first-order chi connectivity index (χ1) is 8.11. The van der Waals surface area contributed by atoms with Gasteiger partial charge in [0.15, 0.2) is 0 Å². The van der Waals surface area contributed by atoms with Crippen LogP contribution >= 0.6 is 11.6 Å². The fraction of sp³-hybridized carbons (Fsp3) is 0.273. The third-order valence-electron chi connectivity index (χ3n) is 2.76. The second-order valence-corrected chi connectivity index (χ2v) is 4.33. The van der Waals surface area contributed by atoms with Crippen molar-refractivity contribution in [3.8, 4) is 0 Å². The second-order valence-electron chi connectivity index (χ2n) is 3.89. The molecular weight excluding hydrogens is 242 g/mol. The standard InChI is InChI=1S/C11H12ClN3O2/c12-8-2-1-3-9(5-8)15-6-7(4-10(15)16)11(17)14-13/h1-3,5,7H,4,6,13H2,(H,14,17)/t7-/m0/s1. The Kier molecular flexibility index (Phi) is 3.31. The number of hydrazine groups is 1. The predicted molar refractivity (Wildman–Crippen MR) is 64.2 cm³/mol. The highest BCUT2D eigenvalue weighted by Gasteiger charge is 2.34. The van der Waals surface area contributed by atoms with Crippen LogP contribution in [0, 0.1) is 5.92 Å². The molecule has 1 aliphatic rings. The average molecular weight is 254 g/mol. The minimum Gasteiger partial charge on any atom is -0.312 e. The Balaban J connectivity index is 2.18. The maximum Gasteiger partial charge on any atom is 0.239 e. The summed E-state index contributed by atoms with van der Waals surface area (Å²) in [5, 5.41) is 0.557. The summed E-state index contributed by atoms with van der Waals surface area (Å²) >= 11 is 5.86. The van der Waals surface area contributed by atoms with E-state index < -0.39 is 5.92 Å². The van der Waals surface area contributed by atoms with Crippen LogP contribution in [0.2, 0.25) is 5.02 Å². The molecule has 0 bridgehead atoms. The van der Waals surface area contributed by atoms with Crippen molar-refractivity contribution in [3.05, 3.63) is 29.3 Å². The summed E-state index contributed by atoms with van der Waals surface area (Å²) in [5.41, 5.74) is 2.77. The Bertz CT molecular complexity index is 464. The fourth-order valence-electron chi connectivity index (χ4n) is 1.89. The van der Waals surface area contributed by atoms with E-state index in [-0.39, 0.29) is 18.2 Å². The first kappa shape index (κ1) is 11.9. The molecule has 0 saturated carbocycles. The van der Waals surface area contributed by atoms with Gasteiger partial charge in [0.1, 0.15) is 0 Å². The number of anilines is 1. The van der Waals surface area contributed by atoms with Crippen LogP contribution in [0.1, 0.15) is 6.42 Å². The highest BCUT2D eigenvalue weighted by atomic mass is 35.5. The number of rotatable bonds is 2. The number of nitrogens with zero attached hydrogens (tertiary/aromatic N) is 1. The van der Waals surface area contributed by atoms with Gasteiger partial charge in [-0.2, -0.15) is 0 Å². The van der Waals surface area contributed by atoms with Crippen molar-refractivity contribution >= 4 is 29.1 Å². The second kappa shape index (κ2) is 4.73. The Morgan fingerprint density at radius 3 is 2.94 bits per heavy atom. The average Bonchev–Trinajstić information content (AvgIpc) is 2.70. The molecule has 17 heavy (non-hydrogen) atoms. The van der Waals surface area contributed by atoms with Crippen molar-refractivity contribution in [1.29, 1.82) is 0 Å². The fourth-order valence-corrected chi connectivity index (χ4v) is 2.08. The summed E-state index contributed by atoms with van der Waals surface area (Å²) in [4.78, 5) is 24.7.